The summed E-state index contributed by atoms with van der Waals surface area (Å²) in [4.78, 5) is 0. The molecule has 0 atom stereocenters. The Kier molecular flexibility index (Phi) is 2.57. The first-order valence-electron chi connectivity index (χ1n) is 2.76. The average Bonchev–Trinajstić information content (AvgIpc) is 2.33. The van der Waals surface area contributed by atoms with Crippen LogP contribution in [0.2, 0.25) is 0 Å². The molecule has 0 saturated heterocycles. The van der Waals surface area contributed by atoms with Crippen LogP contribution in [0.1, 0.15) is 12.5 Å². The molecule has 0 radical (unpaired) electrons. The fourth-order valence-electron chi connectivity index (χ4n) is 0.664. The maximum Gasteiger partial charge on any atom is 0.0905 e. The molecule has 0 aliphatic heterocycles. The fourth-order valence-corrected chi connectivity index (χ4v) is 2.05. The topological polar surface area (TPSA) is 20.2 Å². The van der Waals surface area contributed by atoms with Crippen LogP contribution in [0.4, 0.5) is 0 Å². The van der Waals surface area contributed by atoms with Gasteiger partial charge in [-0.3, -0.25) is 0 Å². The third-order valence-corrected chi connectivity index (χ3v) is 2.86. The Morgan fingerprint density at radius 2 is 2.56 bits per heavy atom. The van der Waals surface area contributed by atoms with Crippen molar-refractivity contribution >= 4 is 23.4 Å². The molecule has 0 unspecified atom stereocenters. The summed E-state index contributed by atoms with van der Waals surface area (Å²) in [6.45, 7) is 2.09. The molecule has 1 N–H and O–H groups in total. The fraction of sp³-hybridized carbons (Fsp3) is 0.333. The number of rotatable bonds is 2. The molecule has 1 rings (SSSR count). The minimum atomic E-state index is 0.845. The lowest BCUT2D eigenvalue weighted by Gasteiger charge is -1.91. The van der Waals surface area contributed by atoms with E-state index in [0.717, 1.165) is 22.7 Å². The van der Waals surface area contributed by atoms with Gasteiger partial charge >= 0.3 is 0 Å². The molecule has 1 aromatic rings. The van der Waals surface area contributed by atoms with E-state index in [4.69, 9.17) is 4.55 Å². The molecule has 1 heterocycles. The molecule has 0 amide bonds. The lowest BCUT2D eigenvalue weighted by molar-refractivity contribution is 0.665. The van der Waals surface area contributed by atoms with Gasteiger partial charge in [-0.25, -0.2) is 0 Å². The Morgan fingerprint density at radius 1 is 1.78 bits per heavy atom. The number of thiophene rings is 1. The molecule has 50 valence electrons. The molecule has 1 nitrogen and oxygen atoms in total. The molecule has 0 fully saturated rings. The molecule has 0 aliphatic rings. The minimum Gasteiger partial charge on any atom is -0.325 e. The predicted octanol–water partition coefficient (Wildman–Crippen LogP) is 2.88. The lowest BCUT2D eigenvalue weighted by Crippen LogP contribution is -1.73. The summed E-state index contributed by atoms with van der Waals surface area (Å²) in [5.74, 6) is 0. The smallest absolute Gasteiger partial charge is 0.0905 e. The highest BCUT2D eigenvalue weighted by Gasteiger charge is 1.99. The van der Waals surface area contributed by atoms with Crippen LogP contribution in [0.15, 0.2) is 15.7 Å². The predicted molar refractivity (Wildman–Crippen MR) is 42.2 cm³/mol. The monoisotopic (exact) mass is 160 g/mol. The van der Waals surface area contributed by atoms with E-state index in [1.165, 1.54) is 5.56 Å². The van der Waals surface area contributed by atoms with E-state index < -0.39 is 0 Å². The third-order valence-electron chi connectivity index (χ3n) is 1.17. The van der Waals surface area contributed by atoms with Crippen LogP contribution >= 0.6 is 23.4 Å². The molecule has 0 saturated carbocycles. The van der Waals surface area contributed by atoms with Crippen molar-refractivity contribution in [2.24, 2.45) is 0 Å². The van der Waals surface area contributed by atoms with Crippen molar-refractivity contribution in [3.63, 3.8) is 0 Å². The van der Waals surface area contributed by atoms with Crippen molar-refractivity contribution in [3.8, 4) is 0 Å². The zero-order chi connectivity index (χ0) is 6.69. The largest absolute Gasteiger partial charge is 0.325 e. The number of hydrogen-bond acceptors (Lipinski definition) is 3. The molecular weight excluding hydrogens is 152 g/mol. The minimum absolute atomic E-state index is 0.845. The highest BCUT2D eigenvalue weighted by Crippen LogP contribution is 2.26. The highest BCUT2D eigenvalue weighted by molar-refractivity contribution is 7.95. The van der Waals surface area contributed by atoms with E-state index in [9.17, 15) is 0 Å². The van der Waals surface area contributed by atoms with Crippen LogP contribution in [0.5, 0.6) is 0 Å². The normalized spacial score (nSPS) is 10.0. The third kappa shape index (κ3) is 1.47. The summed E-state index contributed by atoms with van der Waals surface area (Å²) in [7, 11) is 0. The summed E-state index contributed by atoms with van der Waals surface area (Å²) < 4.78 is 9.69. The first-order valence-corrected chi connectivity index (χ1v) is 4.41. The van der Waals surface area contributed by atoms with Gasteiger partial charge in [-0.15, -0.1) is 11.3 Å². The summed E-state index contributed by atoms with van der Waals surface area (Å²) in [5, 5.41) is 2.00. The molecule has 0 aromatic carbocycles. The maximum atomic E-state index is 8.67. The Morgan fingerprint density at radius 3 is 3.00 bits per heavy atom. The van der Waals surface area contributed by atoms with Crippen LogP contribution < -0.4 is 0 Å². The number of hydrogen-bond donors (Lipinski definition) is 1. The molecular formula is C6H8OS2. The van der Waals surface area contributed by atoms with Crippen LogP contribution in [-0.2, 0) is 6.42 Å². The molecule has 9 heavy (non-hydrogen) atoms. The Hall–Kier alpha value is 0.01000. The van der Waals surface area contributed by atoms with E-state index in [-0.39, 0.29) is 0 Å². The van der Waals surface area contributed by atoms with Gasteiger partial charge < -0.3 is 4.55 Å². The van der Waals surface area contributed by atoms with E-state index in [1.54, 1.807) is 11.3 Å². The van der Waals surface area contributed by atoms with Crippen molar-refractivity contribution < 1.29 is 4.55 Å². The van der Waals surface area contributed by atoms with Crippen LogP contribution in [0.25, 0.3) is 0 Å². The second kappa shape index (κ2) is 3.25. The van der Waals surface area contributed by atoms with Gasteiger partial charge in [-0.1, -0.05) is 6.92 Å². The molecule has 1 aromatic heterocycles. The van der Waals surface area contributed by atoms with E-state index >= 15 is 0 Å². The zero-order valence-corrected chi connectivity index (χ0v) is 6.76. The van der Waals surface area contributed by atoms with Crippen molar-refractivity contribution in [1.29, 1.82) is 0 Å². The van der Waals surface area contributed by atoms with Gasteiger partial charge in [-0.2, -0.15) is 0 Å². The van der Waals surface area contributed by atoms with Crippen LogP contribution in [0.3, 0.4) is 0 Å². The highest BCUT2D eigenvalue weighted by atomic mass is 32.2. The van der Waals surface area contributed by atoms with Crippen molar-refractivity contribution in [2.75, 3.05) is 0 Å². The Balaban J connectivity index is 2.85. The molecule has 0 bridgehead atoms. The van der Waals surface area contributed by atoms with Crippen molar-refractivity contribution in [3.05, 3.63) is 17.0 Å². The summed E-state index contributed by atoms with van der Waals surface area (Å²) >= 11 is 2.43. The standard InChI is InChI=1S/C6H8OS2/c1-2-5-3-4-8-6(5)9-7/h3-4,7H,2H2,1H3. The summed E-state index contributed by atoms with van der Waals surface area (Å²) in [6.07, 6.45) is 1.01. The van der Waals surface area contributed by atoms with E-state index in [0.29, 0.717) is 0 Å². The maximum absolute atomic E-state index is 8.67. The lowest BCUT2D eigenvalue weighted by atomic mass is 10.3. The Labute approximate surface area is 62.9 Å². The first-order chi connectivity index (χ1) is 4.38. The first kappa shape index (κ1) is 7.12. The van der Waals surface area contributed by atoms with Gasteiger partial charge in [0.1, 0.15) is 0 Å². The quantitative estimate of drug-likeness (QED) is 0.671. The van der Waals surface area contributed by atoms with E-state index in [2.05, 4.69) is 6.92 Å². The van der Waals surface area contributed by atoms with Gasteiger partial charge in [0.2, 0.25) is 0 Å². The summed E-state index contributed by atoms with van der Waals surface area (Å²) in [5.41, 5.74) is 1.24. The second-order valence-electron chi connectivity index (χ2n) is 1.68. The summed E-state index contributed by atoms with van der Waals surface area (Å²) in [6, 6.07) is 2.04. The van der Waals surface area contributed by atoms with Crippen molar-refractivity contribution in [2.45, 2.75) is 17.6 Å². The molecule has 0 spiro atoms. The Bertz CT molecular complexity index is 164. The van der Waals surface area contributed by atoms with Crippen molar-refractivity contribution in [1.82, 2.24) is 0 Å². The van der Waals surface area contributed by atoms with Gasteiger partial charge in [-0.05, 0) is 23.4 Å². The van der Waals surface area contributed by atoms with Crippen LogP contribution in [-0.4, -0.2) is 4.55 Å². The van der Waals surface area contributed by atoms with Gasteiger partial charge in [0.25, 0.3) is 0 Å². The van der Waals surface area contributed by atoms with Gasteiger partial charge in [0.05, 0.1) is 4.21 Å². The molecule has 0 aliphatic carbocycles. The van der Waals surface area contributed by atoms with E-state index in [1.807, 2.05) is 11.4 Å². The van der Waals surface area contributed by atoms with Gasteiger partial charge in [0, 0.05) is 12.0 Å². The zero-order valence-electron chi connectivity index (χ0n) is 5.13. The molecule has 3 heteroatoms. The van der Waals surface area contributed by atoms with Crippen LogP contribution in [0, 0.1) is 0 Å². The average molecular weight is 160 g/mol. The second-order valence-corrected chi connectivity index (χ2v) is 3.44. The SMILES string of the molecule is CCc1ccsc1SO. The number of aryl methyl sites for hydroxylation is 1. The van der Waals surface area contributed by atoms with Gasteiger partial charge in [0.15, 0.2) is 0 Å².